The van der Waals surface area contributed by atoms with Gasteiger partial charge in [-0.1, -0.05) is 0 Å². The minimum atomic E-state index is 0.127. The highest BCUT2D eigenvalue weighted by molar-refractivity contribution is 14.1. The fourth-order valence-corrected chi connectivity index (χ4v) is 2.84. The number of hydrogen-bond acceptors (Lipinski definition) is 1. The molecule has 0 spiro atoms. The van der Waals surface area contributed by atoms with Crippen LogP contribution in [-0.2, 0) is 0 Å². The Labute approximate surface area is 112 Å². The second-order valence-electron chi connectivity index (χ2n) is 2.31. The van der Waals surface area contributed by atoms with Gasteiger partial charge in [-0.25, -0.2) is 0 Å². The minimum Gasteiger partial charge on any atom is -0.295 e. The lowest BCUT2D eigenvalue weighted by Gasteiger charge is -2.02. The Morgan fingerprint density at radius 2 is 1.58 bits per heavy atom. The van der Waals surface area contributed by atoms with E-state index in [1.54, 1.807) is 6.92 Å². The van der Waals surface area contributed by atoms with Crippen molar-refractivity contribution in [3.8, 4) is 0 Å². The van der Waals surface area contributed by atoms with Crippen LogP contribution < -0.4 is 0 Å². The van der Waals surface area contributed by atoms with E-state index in [1.807, 2.05) is 12.1 Å². The molecular weight excluding hydrogens is 493 g/mol. The Hall–Kier alpha value is 1.08. The van der Waals surface area contributed by atoms with E-state index in [0.717, 1.165) is 12.7 Å². The molecule has 0 N–H and O–H groups in total. The van der Waals surface area contributed by atoms with E-state index in [1.165, 1.54) is 3.57 Å². The van der Waals surface area contributed by atoms with Crippen LogP contribution in [0.2, 0.25) is 0 Å². The summed E-state index contributed by atoms with van der Waals surface area (Å²) in [6.07, 6.45) is 0. The lowest BCUT2D eigenvalue weighted by atomic mass is 10.2. The third-order valence-corrected chi connectivity index (χ3v) is 6.32. The number of carbonyl (C=O) groups excluding carboxylic acids is 1. The fourth-order valence-electron chi connectivity index (χ4n) is 0.759. The van der Waals surface area contributed by atoms with E-state index >= 15 is 0 Å². The Morgan fingerprint density at radius 3 is 1.92 bits per heavy atom. The van der Waals surface area contributed by atoms with Crippen molar-refractivity contribution in [1.82, 2.24) is 0 Å². The molecule has 1 rings (SSSR count). The van der Waals surface area contributed by atoms with Crippen LogP contribution in [-0.4, -0.2) is 5.78 Å². The molecule has 0 aromatic heterocycles. The van der Waals surface area contributed by atoms with Gasteiger partial charge in [-0.05, 0) is 86.8 Å². The molecule has 0 unspecified atom stereocenters. The van der Waals surface area contributed by atoms with Gasteiger partial charge in [0.25, 0.3) is 0 Å². The second-order valence-corrected chi connectivity index (χ2v) is 5.71. The van der Waals surface area contributed by atoms with Gasteiger partial charge in [0, 0.05) is 16.3 Å². The molecule has 4 heteroatoms. The van der Waals surface area contributed by atoms with Gasteiger partial charge in [0.1, 0.15) is 0 Å². The average Bonchev–Trinajstić information content (AvgIpc) is 1.99. The van der Waals surface area contributed by atoms with Crippen LogP contribution in [0.4, 0.5) is 0 Å². The van der Waals surface area contributed by atoms with E-state index in [2.05, 4.69) is 67.8 Å². The third-order valence-electron chi connectivity index (χ3n) is 1.39. The first-order chi connectivity index (χ1) is 5.52. The van der Waals surface area contributed by atoms with E-state index < -0.39 is 0 Å². The molecular formula is C8H5I3O. The molecule has 0 aliphatic rings. The summed E-state index contributed by atoms with van der Waals surface area (Å²) < 4.78 is 3.51. The fraction of sp³-hybridized carbons (Fsp3) is 0.125. The van der Waals surface area contributed by atoms with Gasteiger partial charge in [0.05, 0.1) is 0 Å². The summed E-state index contributed by atoms with van der Waals surface area (Å²) in [6, 6.07) is 3.85. The van der Waals surface area contributed by atoms with Crippen LogP contribution in [0.3, 0.4) is 0 Å². The summed E-state index contributed by atoms with van der Waals surface area (Å²) >= 11 is 6.77. The monoisotopic (exact) mass is 498 g/mol. The molecule has 0 aliphatic heterocycles. The number of benzene rings is 1. The lowest BCUT2D eigenvalue weighted by Crippen LogP contribution is -1.96. The van der Waals surface area contributed by atoms with E-state index in [-0.39, 0.29) is 5.78 Å². The molecule has 1 aromatic carbocycles. The van der Waals surface area contributed by atoms with Crippen molar-refractivity contribution in [1.29, 1.82) is 0 Å². The maximum absolute atomic E-state index is 11.1. The smallest absolute Gasteiger partial charge is 0.159 e. The molecule has 12 heavy (non-hydrogen) atoms. The first-order valence-electron chi connectivity index (χ1n) is 3.18. The summed E-state index contributed by atoms with van der Waals surface area (Å²) in [5, 5.41) is 0. The second kappa shape index (κ2) is 4.54. The largest absolute Gasteiger partial charge is 0.295 e. The molecule has 1 nitrogen and oxygen atoms in total. The standard InChI is InChI=1S/C8H5I3O/c1-4(12)5-2-6(9)8(11)7(10)3-5/h2-3H,1H3. The number of ketones is 1. The quantitative estimate of drug-likeness (QED) is 0.328. The summed E-state index contributed by atoms with van der Waals surface area (Å²) in [4.78, 5) is 11.1. The van der Waals surface area contributed by atoms with E-state index in [0.29, 0.717) is 0 Å². The zero-order chi connectivity index (χ0) is 9.30. The van der Waals surface area contributed by atoms with Gasteiger partial charge in [-0.3, -0.25) is 4.79 Å². The predicted molar refractivity (Wildman–Crippen MR) is 74.6 cm³/mol. The summed E-state index contributed by atoms with van der Waals surface area (Å²) in [5.74, 6) is 0.127. The highest BCUT2D eigenvalue weighted by atomic mass is 127. The highest BCUT2D eigenvalue weighted by Gasteiger charge is 2.06. The topological polar surface area (TPSA) is 17.1 Å². The summed E-state index contributed by atoms with van der Waals surface area (Å²) in [5.41, 5.74) is 0.796. The zero-order valence-electron chi connectivity index (χ0n) is 6.20. The van der Waals surface area contributed by atoms with Crippen molar-refractivity contribution in [2.45, 2.75) is 6.92 Å². The van der Waals surface area contributed by atoms with E-state index in [9.17, 15) is 4.79 Å². The number of hydrogen-bond donors (Lipinski definition) is 0. The molecule has 0 bridgehead atoms. The first-order valence-corrected chi connectivity index (χ1v) is 6.41. The molecule has 0 saturated carbocycles. The molecule has 0 fully saturated rings. The highest BCUT2D eigenvalue weighted by Crippen LogP contribution is 2.23. The Bertz CT molecular complexity index is 310. The van der Waals surface area contributed by atoms with E-state index in [4.69, 9.17) is 0 Å². The maximum Gasteiger partial charge on any atom is 0.159 e. The number of rotatable bonds is 1. The molecule has 0 aliphatic carbocycles. The molecule has 64 valence electrons. The lowest BCUT2D eigenvalue weighted by molar-refractivity contribution is 0.101. The number of Topliss-reactive ketones (excluding diaryl/α,β-unsaturated/α-hetero) is 1. The van der Waals surface area contributed by atoms with Gasteiger partial charge in [0.2, 0.25) is 0 Å². The molecule has 0 saturated heterocycles. The maximum atomic E-state index is 11.1. The Balaban J connectivity index is 3.31. The Kier molecular flexibility index (Phi) is 4.22. The van der Waals surface area contributed by atoms with Crippen LogP contribution in [0.15, 0.2) is 12.1 Å². The zero-order valence-corrected chi connectivity index (χ0v) is 12.7. The number of halogens is 3. The van der Waals surface area contributed by atoms with Gasteiger partial charge in [-0.2, -0.15) is 0 Å². The molecule has 0 heterocycles. The Morgan fingerprint density at radius 1 is 1.17 bits per heavy atom. The average molecular weight is 498 g/mol. The summed E-state index contributed by atoms with van der Waals surface area (Å²) in [7, 11) is 0. The molecule has 0 amide bonds. The van der Waals surface area contributed by atoms with Crippen LogP contribution in [0.25, 0.3) is 0 Å². The predicted octanol–water partition coefficient (Wildman–Crippen LogP) is 3.70. The van der Waals surface area contributed by atoms with Crippen molar-refractivity contribution in [2.24, 2.45) is 0 Å². The van der Waals surface area contributed by atoms with Crippen LogP contribution in [0.1, 0.15) is 17.3 Å². The van der Waals surface area contributed by atoms with Crippen LogP contribution in [0, 0.1) is 10.7 Å². The molecule has 0 radical (unpaired) electrons. The molecule has 0 atom stereocenters. The normalized spacial score (nSPS) is 10.0. The van der Waals surface area contributed by atoms with Crippen molar-refractivity contribution < 1.29 is 4.79 Å². The SMILES string of the molecule is CC(=O)c1cc(I)c(I)c(I)c1. The van der Waals surface area contributed by atoms with Gasteiger partial charge in [0.15, 0.2) is 5.78 Å². The van der Waals surface area contributed by atoms with Crippen LogP contribution in [0.5, 0.6) is 0 Å². The molecule has 1 aromatic rings. The van der Waals surface area contributed by atoms with Gasteiger partial charge < -0.3 is 0 Å². The van der Waals surface area contributed by atoms with Crippen LogP contribution >= 0.6 is 67.8 Å². The summed E-state index contributed by atoms with van der Waals surface area (Å²) in [6.45, 7) is 1.59. The van der Waals surface area contributed by atoms with Gasteiger partial charge in [-0.15, -0.1) is 0 Å². The minimum absolute atomic E-state index is 0.127. The number of carbonyl (C=O) groups is 1. The van der Waals surface area contributed by atoms with Gasteiger partial charge >= 0.3 is 0 Å². The van der Waals surface area contributed by atoms with Crippen molar-refractivity contribution >= 4 is 73.6 Å². The first kappa shape index (κ1) is 11.2. The third kappa shape index (κ3) is 2.53. The van der Waals surface area contributed by atoms with Crippen molar-refractivity contribution in [2.75, 3.05) is 0 Å². The van der Waals surface area contributed by atoms with Crippen molar-refractivity contribution in [3.05, 3.63) is 28.4 Å². The van der Waals surface area contributed by atoms with Crippen molar-refractivity contribution in [3.63, 3.8) is 0 Å².